The fourth-order valence-corrected chi connectivity index (χ4v) is 1.84. The van der Waals surface area contributed by atoms with Crippen LogP contribution in [-0.4, -0.2) is 21.4 Å². The first-order valence-corrected chi connectivity index (χ1v) is 7.18. The number of aldehydes is 1. The van der Waals surface area contributed by atoms with E-state index in [0.29, 0.717) is 12.4 Å². The van der Waals surface area contributed by atoms with Crippen LogP contribution in [0.4, 0.5) is 26.3 Å². The molecule has 142 valence electrons. The van der Waals surface area contributed by atoms with E-state index in [1.807, 2.05) is 0 Å². The van der Waals surface area contributed by atoms with Gasteiger partial charge in [-0.15, -0.1) is 0 Å². The maximum atomic E-state index is 12.0. The Morgan fingerprint density at radius 1 is 0.885 bits per heavy atom. The largest absolute Gasteiger partial charge is 0.433 e. The van der Waals surface area contributed by atoms with Crippen LogP contribution in [0.3, 0.4) is 0 Å². The van der Waals surface area contributed by atoms with Crippen LogP contribution in [0, 0.1) is 0 Å². The van der Waals surface area contributed by atoms with Crippen molar-refractivity contribution < 1.29 is 36.2 Å². The van der Waals surface area contributed by atoms with Crippen molar-refractivity contribution >= 4 is 29.5 Å². The summed E-state index contributed by atoms with van der Waals surface area (Å²) in [6.07, 6.45) is -8.70. The number of aromatic nitrogens is 2. The molecule has 0 atom stereocenters. The number of halogens is 8. The molecule has 0 saturated heterocycles. The average Bonchev–Trinajstić information content (AvgIpc) is 2.53. The molecule has 2 heterocycles. The average molecular weight is 421 g/mol. The van der Waals surface area contributed by atoms with Gasteiger partial charge >= 0.3 is 12.4 Å². The van der Waals surface area contributed by atoms with Crippen molar-refractivity contribution in [1.82, 2.24) is 9.97 Å². The predicted octanol–water partition coefficient (Wildman–Crippen LogP) is 4.81. The maximum Gasteiger partial charge on any atom is 0.433 e. The minimum absolute atomic E-state index is 0.0605. The topological polar surface area (TPSA) is 63.1 Å². The molecule has 0 aliphatic carbocycles. The molecule has 4 nitrogen and oxygen atoms in total. The maximum absolute atomic E-state index is 12.0. The van der Waals surface area contributed by atoms with Crippen molar-refractivity contribution in [3.63, 3.8) is 0 Å². The molecule has 0 radical (unpaired) electrons. The van der Waals surface area contributed by atoms with Gasteiger partial charge in [-0.2, -0.15) is 26.3 Å². The first-order chi connectivity index (χ1) is 11.9. The third-order valence-corrected chi connectivity index (χ3v) is 3.31. The standard InChI is InChI=1S/C7H5ClF3NO.C7H3ClF3NO/c2*8-6-4(3-13)1-2-5(12-6)7(9,10)11/h1-2,13H,3H2;1-3H. The Kier molecular flexibility index (Phi) is 7.36. The molecule has 2 aromatic heterocycles. The van der Waals surface area contributed by atoms with Gasteiger partial charge in [-0.1, -0.05) is 29.3 Å². The van der Waals surface area contributed by atoms with Crippen LogP contribution in [0.2, 0.25) is 10.3 Å². The second-order valence-corrected chi connectivity index (χ2v) is 5.21. The highest BCUT2D eigenvalue weighted by atomic mass is 35.5. The molecule has 2 rings (SSSR count). The van der Waals surface area contributed by atoms with E-state index < -0.39 is 35.5 Å². The van der Waals surface area contributed by atoms with E-state index in [4.69, 9.17) is 28.3 Å². The molecule has 0 aliphatic rings. The molecular weight excluding hydrogens is 413 g/mol. The number of nitrogens with zero attached hydrogens (tertiary/aromatic N) is 2. The lowest BCUT2D eigenvalue weighted by molar-refractivity contribution is -0.141. The summed E-state index contributed by atoms with van der Waals surface area (Å²) in [5.74, 6) is 0. The van der Waals surface area contributed by atoms with E-state index in [2.05, 4.69) is 9.97 Å². The van der Waals surface area contributed by atoms with E-state index in [1.54, 1.807) is 0 Å². The Morgan fingerprint density at radius 3 is 1.69 bits per heavy atom. The van der Waals surface area contributed by atoms with E-state index >= 15 is 0 Å². The molecule has 0 unspecified atom stereocenters. The number of alkyl halides is 6. The van der Waals surface area contributed by atoms with Crippen LogP contribution in [0.1, 0.15) is 27.3 Å². The molecule has 1 N–H and O–H groups in total. The smallest absolute Gasteiger partial charge is 0.392 e. The van der Waals surface area contributed by atoms with E-state index in [1.165, 1.54) is 0 Å². The monoisotopic (exact) mass is 420 g/mol. The summed E-state index contributed by atoms with van der Waals surface area (Å²) in [6, 6.07) is 3.55. The van der Waals surface area contributed by atoms with Gasteiger partial charge in [0.05, 0.1) is 12.2 Å². The Hall–Kier alpha value is -1.91. The highest BCUT2D eigenvalue weighted by molar-refractivity contribution is 6.31. The van der Waals surface area contributed by atoms with Gasteiger partial charge in [-0.25, -0.2) is 9.97 Å². The number of hydrogen-bond donors (Lipinski definition) is 1. The molecule has 26 heavy (non-hydrogen) atoms. The lowest BCUT2D eigenvalue weighted by atomic mass is 10.2. The Bertz CT molecular complexity index is 781. The SMILES string of the molecule is O=Cc1ccc(C(F)(F)F)nc1Cl.OCc1ccc(C(F)(F)F)nc1Cl. The van der Waals surface area contributed by atoms with Gasteiger partial charge in [0, 0.05) is 5.56 Å². The van der Waals surface area contributed by atoms with Crippen molar-refractivity contribution in [3.8, 4) is 0 Å². The molecule has 0 bridgehead atoms. The summed E-state index contributed by atoms with van der Waals surface area (Å²) >= 11 is 10.7. The van der Waals surface area contributed by atoms with Crippen molar-refractivity contribution in [2.45, 2.75) is 19.0 Å². The van der Waals surface area contributed by atoms with Gasteiger partial charge < -0.3 is 5.11 Å². The second-order valence-electron chi connectivity index (χ2n) is 4.49. The van der Waals surface area contributed by atoms with Crippen molar-refractivity contribution in [1.29, 1.82) is 0 Å². The van der Waals surface area contributed by atoms with Gasteiger partial charge in [0.25, 0.3) is 0 Å². The third-order valence-electron chi connectivity index (χ3n) is 2.68. The van der Waals surface area contributed by atoms with Gasteiger partial charge in [0.15, 0.2) is 6.29 Å². The lowest BCUT2D eigenvalue weighted by Gasteiger charge is -2.06. The summed E-state index contributed by atoms with van der Waals surface area (Å²) in [7, 11) is 0. The number of aliphatic hydroxyl groups is 1. The quantitative estimate of drug-likeness (QED) is 0.430. The van der Waals surface area contributed by atoms with Crippen molar-refractivity contribution in [2.24, 2.45) is 0 Å². The van der Waals surface area contributed by atoms with Crippen LogP contribution in [0.25, 0.3) is 0 Å². The highest BCUT2D eigenvalue weighted by Crippen LogP contribution is 2.30. The zero-order chi connectivity index (χ0) is 20.1. The summed E-state index contributed by atoms with van der Waals surface area (Å²) in [5, 5.41) is 7.84. The van der Waals surface area contributed by atoms with E-state index in [9.17, 15) is 31.1 Å². The normalized spacial score (nSPS) is 11.6. The van der Waals surface area contributed by atoms with Crippen LogP contribution in [-0.2, 0) is 19.0 Å². The predicted molar refractivity (Wildman–Crippen MR) is 79.8 cm³/mol. The van der Waals surface area contributed by atoms with Crippen molar-refractivity contribution in [3.05, 3.63) is 57.1 Å². The first-order valence-electron chi connectivity index (χ1n) is 6.42. The molecule has 0 aliphatic heterocycles. The van der Waals surface area contributed by atoms with Crippen LogP contribution < -0.4 is 0 Å². The Labute approximate surface area is 152 Å². The summed E-state index contributed by atoms with van der Waals surface area (Å²) in [4.78, 5) is 16.3. The summed E-state index contributed by atoms with van der Waals surface area (Å²) in [5.41, 5.74) is -2.05. The molecule has 12 heteroatoms. The summed E-state index contributed by atoms with van der Waals surface area (Å²) in [6.45, 7) is -0.427. The number of aliphatic hydroxyl groups excluding tert-OH is 1. The number of pyridine rings is 2. The molecular formula is C14H8Cl2F6N2O2. The fraction of sp³-hybridized carbons (Fsp3) is 0.214. The molecule has 0 saturated carbocycles. The Morgan fingerprint density at radius 2 is 1.35 bits per heavy atom. The molecule has 0 aromatic carbocycles. The number of hydrogen-bond acceptors (Lipinski definition) is 4. The number of carbonyl (C=O) groups excluding carboxylic acids is 1. The second kappa shape index (κ2) is 8.65. The van der Waals surface area contributed by atoms with Crippen LogP contribution in [0.15, 0.2) is 24.3 Å². The lowest BCUT2D eigenvalue weighted by Crippen LogP contribution is -2.08. The van der Waals surface area contributed by atoms with Gasteiger partial charge in [-0.05, 0) is 18.2 Å². The minimum atomic E-state index is -4.54. The zero-order valence-electron chi connectivity index (χ0n) is 12.4. The first kappa shape index (κ1) is 22.1. The third kappa shape index (κ3) is 6.11. The molecule has 0 fully saturated rings. The molecule has 0 spiro atoms. The van der Waals surface area contributed by atoms with E-state index in [0.717, 1.165) is 18.2 Å². The van der Waals surface area contributed by atoms with E-state index in [-0.39, 0.29) is 16.3 Å². The van der Waals surface area contributed by atoms with Gasteiger partial charge in [0.2, 0.25) is 0 Å². The van der Waals surface area contributed by atoms with Crippen molar-refractivity contribution in [2.75, 3.05) is 0 Å². The minimum Gasteiger partial charge on any atom is -0.392 e. The summed E-state index contributed by atoms with van der Waals surface area (Å²) < 4.78 is 72.0. The van der Waals surface area contributed by atoms with Crippen LogP contribution >= 0.6 is 23.2 Å². The number of carbonyl (C=O) groups is 1. The highest BCUT2D eigenvalue weighted by Gasteiger charge is 2.33. The number of rotatable bonds is 2. The zero-order valence-corrected chi connectivity index (χ0v) is 13.9. The fourth-order valence-electron chi connectivity index (χ4n) is 1.43. The Balaban J connectivity index is 0.000000260. The van der Waals surface area contributed by atoms with Gasteiger partial charge in [-0.3, -0.25) is 4.79 Å². The molecule has 2 aromatic rings. The molecule has 0 amide bonds. The van der Waals surface area contributed by atoms with Gasteiger partial charge in [0.1, 0.15) is 21.7 Å². The van der Waals surface area contributed by atoms with Crippen LogP contribution in [0.5, 0.6) is 0 Å².